The number of hydrogen-bond donors (Lipinski definition) is 2. The van der Waals surface area contributed by atoms with E-state index in [9.17, 15) is 9.59 Å². The van der Waals surface area contributed by atoms with Gasteiger partial charge < -0.3 is 10.1 Å². The second kappa shape index (κ2) is 10.9. The van der Waals surface area contributed by atoms with Crippen LogP contribution in [0, 0.1) is 0 Å². The van der Waals surface area contributed by atoms with Crippen molar-refractivity contribution in [2.45, 2.75) is 64.3 Å². The van der Waals surface area contributed by atoms with Crippen molar-refractivity contribution in [2.75, 3.05) is 6.61 Å². The molecule has 0 atom stereocenters. The molecule has 2 N–H and O–H groups in total. The second-order valence-electron chi connectivity index (χ2n) is 9.29. The Balaban J connectivity index is 1.43. The first kappa shape index (κ1) is 23.5. The first-order valence-electron chi connectivity index (χ1n) is 11.3. The van der Waals surface area contributed by atoms with E-state index < -0.39 is 0 Å². The Morgan fingerprint density at radius 2 is 1.66 bits per heavy atom. The van der Waals surface area contributed by atoms with Gasteiger partial charge in [0.15, 0.2) is 6.61 Å². The molecule has 6 nitrogen and oxygen atoms in total. The molecule has 0 radical (unpaired) electrons. The van der Waals surface area contributed by atoms with Crippen molar-refractivity contribution < 1.29 is 14.3 Å². The number of carbonyl (C=O) groups excluding carboxylic acids is 2. The molecule has 1 saturated carbocycles. The molecule has 1 fully saturated rings. The van der Waals surface area contributed by atoms with Crippen molar-refractivity contribution >= 4 is 18.0 Å². The number of carbonyl (C=O) groups is 2. The summed E-state index contributed by atoms with van der Waals surface area (Å²) < 4.78 is 5.57. The monoisotopic (exact) mass is 435 g/mol. The summed E-state index contributed by atoms with van der Waals surface area (Å²) >= 11 is 0. The third-order valence-electron chi connectivity index (χ3n) is 5.61. The molecule has 1 aliphatic rings. The van der Waals surface area contributed by atoms with Gasteiger partial charge in [0.25, 0.3) is 11.8 Å². The minimum Gasteiger partial charge on any atom is -0.484 e. The summed E-state index contributed by atoms with van der Waals surface area (Å²) in [6.07, 6.45) is 7.29. The molecule has 2 aromatic rings. The van der Waals surface area contributed by atoms with Crippen LogP contribution in [0.25, 0.3) is 0 Å². The number of hydrazone groups is 1. The summed E-state index contributed by atoms with van der Waals surface area (Å²) in [6, 6.07) is 15.0. The highest BCUT2D eigenvalue weighted by molar-refractivity contribution is 5.94. The Kier molecular flexibility index (Phi) is 8.03. The van der Waals surface area contributed by atoms with Crippen LogP contribution in [0.15, 0.2) is 53.6 Å². The lowest BCUT2D eigenvalue weighted by Gasteiger charge is -2.22. The Morgan fingerprint density at radius 3 is 2.28 bits per heavy atom. The lowest BCUT2D eigenvalue weighted by atomic mass is 9.87. The molecule has 170 valence electrons. The summed E-state index contributed by atoms with van der Waals surface area (Å²) in [5, 5.41) is 7.07. The highest BCUT2D eigenvalue weighted by Crippen LogP contribution is 2.22. The smallest absolute Gasteiger partial charge is 0.271 e. The maximum Gasteiger partial charge on any atom is 0.271 e. The maximum atomic E-state index is 12.3. The average molecular weight is 436 g/mol. The van der Waals surface area contributed by atoms with E-state index in [-0.39, 0.29) is 29.9 Å². The van der Waals surface area contributed by atoms with Crippen LogP contribution in [0.3, 0.4) is 0 Å². The zero-order valence-corrected chi connectivity index (χ0v) is 19.2. The quantitative estimate of drug-likeness (QED) is 0.494. The molecule has 1 aliphatic carbocycles. The van der Waals surface area contributed by atoms with E-state index in [1.807, 2.05) is 36.4 Å². The van der Waals surface area contributed by atoms with Crippen LogP contribution in [0.2, 0.25) is 0 Å². The number of nitrogens with one attached hydrogen (secondary N) is 2. The first-order valence-corrected chi connectivity index (χ1v) is 11.3. The van der Waals surface area contributed by atoms with E-state index in [1.54, 1.807) is 18.3 Å². The zero-order chi connectivity index (χ0) is 23.0. The van der Waals surface area contributed by atoms with Gasteiger partial charge in [0.05, 0.1) is 6.21 Å². The lowest BCUT2D eigenvalue weighted by Crippen LogP contribution is -2.38. The number of rotatable bonds is 7. The molecule has 2 amide bonds. The van der Waals surface area contributed by atoms with E-state index in [0.29, 0.717) is 11.3 Å². The van der Waals surface area contributed by atoms with Crippen LogP contribution in [-0.2, 0) is 10.2 Å². The fourth-order valence-electron chi connectivity index (χ4n) is 3.67. The van der Waals surface area contributed by atoms with Crippen LogP contribution >= 0.6 is 0 Å². The minimum atomic E-state index is -0.259. The highest BCUT2D eigenvalue weighted by Gasteiger charge is 2.16. The highest BCUT2D eigenvalue weighted by atomic mass is 16.5. The summed E-state index contributed by atoms with van der Waals surface area (Å²) in [5.74, 6) is 0.273. The van der Waals surface area contributed by atoms with E-state index in [1.165, 1.54) is 24.8 Å². The van der Waals surface area contributed by atoms with E-state index >= 15 is 0 Å². The van der Waals surface area contributed by atoms with Crippen molar-refractivity contribution in [3.05, 3.63) is 65.2 Å². The van der Waals surface area contributed by atoms with Gasteiger partial charge in [-0.2, -0.15) is 5.10 Å². The van der Waals surface area contributed by atoms with E-state index in [4.69, 9.17) is 4.74 Å². The Bertz CT molecular complexity index is 922. The lowest BCUT2D eigenvalue weighted by molar-refractivity contribution is -0.124. The van der Waals surface area contributed by atoms with Crippen molar-refractivity contribution in [2.24, 2.45) is 5.10 Å². The minimum absolute atomic E-state index is 0.00793. The van der Waals surface area contributed by atoms with Crippen LogP contribution in [0.5, 0.6) is 5.75 Å². The fraction of sp³-hybridized carbons (Fsp3) is 0.423. The third-order valence-corrected chi connectivity index (χ3v) is 5.61. The summed E-state index contributed by atoms with van der Waals surface area (Å²) in [6.45, 7) is 6.41. The summed E-state index contributed by atoms with van der Waals surface area (Å²) in [5.41, 5.74) is 5.13. The van der Waals surface area contributed by atoms with Crippen molar-refractivity contribution in [1.82, 2.24) is 10.7 Å². The molecule has 0 spiro atoms. The number of hydrogen-bond acceptors (Lipinski definition) is 4. The van der Waals surface area contributed by atoms with Crippen LogP contribution in [0.1, 0.15) is 74.4 Å². The third kappa shape index (κ3) is 7.22. The molecule has 3 rings (SSSR count). The van der Waals surface area contributed by atoms with Crippen LogP contribution in [0.4, 0.5) is 0 Å². The standard InChI is InChI=1S/C26H33N3O3/c1-26(2,3)21-13-11-20(12-14-21)25(31)29-27-17-19-9-15-23(16-10-19)32-18-24(30)28-22-7-5-4-6-8-22/h9-17,22H,4-8,18H2,1-3H3,(H,28,30)(H,29,31)/b27-17-. The van der Waals surface area contributed by atoms with Gasteiger partial charge in [-0.1, -0.05) is 52.2 Å². The zero-order valence-electron chi connectivity index (χ0n) is 19.2. The molecule has 6 heteroatoms. The number of ether oxygens (including phenoxy) is 1. The summed E-state index contributed by atoms with van der Waals surface area (Å²) in [4.78, 5) is 24.3. The molecule has 0 saturated heterocycles. The SMILES string of the molecule is CC(C)(C)c1ccc(C(=O)N/N=C\c2ccc(OCC(=O)NC3CCCCC3)cc2)cc1. The topological polar surface area (TPSA) is 79.8 Å². The van der Waals surface area contributed by atoms with Crippen molar-refractivity contribution in [3.8, 4) is 5.75 Å². The molecular weight excluding hydrogens is 402 g/mol. The second-order valence-corrected chi connectivity index (χ2v) is 9.29. The number of amides is 2. The number of nitrogens with zero attached hydrogens (tertiary/aromatic N) is 1. The molecule has 32 heavy (non-hydrogen) atoms. The van der Waals surface area contributed by atoms with Crippen LogP contribution < -0.4 is 15.5 Å². The van der Waals surface area contributed by atoms with E-state index in [2.05, 4.69) is 36.6 Å². The summed E-state index contributed by atoms with van der Waals surface area (Å²) in [7, 11) is 0. The molecule has 2 aromatic carbocycles. The van der Waals surface area contributed by atoms with Gasteiger partial charge in [-0.3, -0.25) is 9.59 Å². The Morgan fingerprint density at radius 1 is 1.00 bits per heavy atom. The molecule has 0 aromatic heterocycles. The molecule has 0 unspecified atom stereocenters. The van der Waals surface area contributed by atoms with E-state index in [0.717, 1.165) is 18.4 Å². The Labute approximate surface area is 190 Å². The largest absolute Gasteiger partial charge is 0.484 e. The van der Waals surface area contributed by atoms with Gasteiger partial charge >= 0.3 is 0 Å². The fourth-order valence-corrected chi connectivity index (χ4v) is 3.67. The molecule has 0 aliphatic heterocycles. The van der Waals surface area contributed by atoms with Gasteiger partial charge in [0.1, 0.15) is 5.75 Å². The molecule has 0 heterocycles. The maximum absolute atomic E-state index is 12.3. The number of benzene rings is 2. The van der Waals surface area contributed by atoms with Gasteiger partial charge in [-0.25, -0.2) is 5.43 Å². The van der Waals surface area contributed by atoms with Gasteiger partial charge in [-0.05, 0) is 65.8 Å². The van der Waals surface area contributed by atoms with Gasteiger partial charge in [-0.15, -0.1) is 0 Å². The van der Waals surface area contributed by atoms with Gasteiger partial charge in [0.2, 0.25) is 0 Å². The first-order chi connectivity index (χ1) is 15.3. The van der Waals surface area contributed by atoms with Crippen molar-refractivity contribution in [3.63, 3.8) is 0 Å². The molecule has 0 bridgehead atoms. The predicted octanol–water partition coefficient (Wildman–Crippen LogP) is 4.58. The normalized spacial score (nSPS) is 14.8. The van der Waals surface area contributed by atoms with Crippen molar-refractivity contribution in [1.29, 1.82) is 0 Å². The van der Waals surface area contributed by atoms with Gasteiger partial charge in [0, 0.05) is 11.6 Å². The van der Waals surface area contributed by atoms with Crippen LogP contribution in [-0.4, -0.2) is 30.7 Å². The predicted molar refractivity (Wildman–Crippen MR) is 127 cm³/mol. The molecular formula is C26H33N3O3. The average Bonchev–Trinajstić information content (AvgIpc) is 2.78. The Hall–Kier alpha value is -3.15.